The van der Waals surface area contributed by atoms with Crippen molar-refractivity contribution in [1.82, 2.24) is 5.32 Å². The molecule has 0 saturated carbocycles. The van der Waals surface area contributed by atoms with Crippen molar-refractivity contribution in [2.45, 2.75) is 51.7 Å². The Morgan fingerprint density at radius 3 is 2.11 bits per heavy atom. The van der Waals surface area contributed by atoms with E-state index in [2.05, 4.69) is 57.3 Å². The normalized spacial score (nSPS) is 12.9. The number of hydrogen-bond donors (Lipinski definition) is 2. The molecule has 0 aliphatic rings. The second kappa shape index (κ2) is 9.77. The molecule has 2 aromatic carbocycles. The summed E-state index contributed by atoms with van der Waals surface area (Å²) in [5.41, 5.74) is 2.38. The molecule has 0 heterocycles. The van der Waals surface area contributed by atoms with Crippen molar-refractivity contribution in [3.05, 3.63) is 59.7 Å². The molecular weight excluding hydrogens is 338 g/mol. The molecule has 4 heteroatoms. The summed E-state index contributed by atoms with van der Waals surface area (Å²) in [4.78, 5) is 0. The third-order valence-electron chi connectivity index (χ3n) is 4.61. The maximum atomic E-state index is 10.2. The summed E-state index contributed by atoms with van der Waals surface area (Å²) < 4.78 is 10.9. The lowest BCUT2D eigenvalue weighted by Crippen LogP contribution is -2.46. The molecule has 0 saturated heterocycles. The zero-order valence-electron chi connectivity index (χ0n) is 17.2. The molecular formula is C23H33NO3. The second-order valence-electron chi connectivity index (χ2n) is 7.98. The Labute approximate surface area is 163 Å². The van der Waals surface area contributed by atoms with Crippen LogP contribution in [0.4, 0.5) is 0 Å². The summed E-state index contributed by atoms with van der Waals surface area (Å²) in [6.45, 7) is 9.35. The van der Waals surface area contributed by atoms with Gasteiger partial charge in [0.25, 0.3) is 0 Å². The summed E-state index contributed by atoms with van der Waals surface area (Å²) in [6, 6.07) is 16.2. The van der Waals surface area contributed by atoms with E-state index in [0.717, 1.165) is 17.9 Å². The maximum Gasteiger partial charge on any atom is 0.119 e. The van der Waals surface area contributed by atoms with Gasteiger partial charge in [-0.05, 0) is 61.6 Å². The van der Waals surface area contributed by atoms with Gasteiger partial charge < -0.3 is 19.9 Å². The number of nitrogens with one attached hydrogen (secondary N) is 1. The summed E-state index contributed by atoms with van der Waals surface area (Å²) in [5.74, 6) is 2.15. The number of aliphatic hydroxyl groups excluding tert-OH is 1. The lowest BCUT2D eigenvalue weighted by atomic mass is 9.94. The van der Waals surface area contributed by atoms with Gasteiger partial charge in [0.05, 0.1) is 7.11 Å². The third-order valence-corrected chi connectivity index (χ3v) is 4.61. The van der Waals surface area contributed by atoms with E-state index in [9.17, 15) is 5.11 Å². The van der Waals surface area contributed by atoms with Gasteiger partial charge in [-0.15, -0.1) is 0 Å². The highest BCUT2D eigenvalue weighted by Crippen LogP contribution is 2.19. The van der Waals surface area contributed by atoms with Crippen molar-refractivity contribution < 1.29 is 14.6 Å². The van der Waals surface area contributed by atoms with Crippen molar-refractivity contribution in [2.75, 3.05) is 20.3 Å². The Morgan fingerprint density at radius 2 is 1.56 bits per heavy atom. The lowest BCUT2D eigenvalue weighted by Gasteiger charge is -2.28. The van der Waals surface area contributed by atoms with Crippen LogP contribution in [0, 0.1) is 0 Å². The van der Waals surface area contributed by atoms with Gasteiger partial charge in [0.1, 0.15) is 24.2 Å². The molecule has 2 aromatic rings. The maximum absolute atomic E-state index is 10.2. The molecule has 1 atom stereocenters. The molecule has 0 bridgehead atoms. The molecule has 148 valence electrons. The number of methoxy groups -OCH3 is 1. The highest BCUT2D eigenvalue weighted by molar-refractivity contribution is 5.29. The van der Waals surface area contributed by atoms with Crippen molar-refractivity contribution in [3.8, 4) is 11.5 Å². The van der Waals surface area contributed by atoms with Gasteiger partial charge in [-0.1, -0.05) is 38.1 Å². The summed E-state index contributed by atoms with van der Waals surface area (Å²) in [7, 11) is 1.67. The first-order chi connectivity index (χ1) is 12.8. The van der Waals surface area contributed by atoms with E-state index in [0.29, 0.717) is 12.5 Å². The van der Waals surface area contributed by atoms with Crippen LogP contribution in [0.25, 0.3) is 0 Å². The van der Waals surface area contributed by atoms with Gasteiger partial charge in [-0.25, -0.2) is 0 Å². The SMILES string of the molecule is COc1ccc(CC(C)(C)NCC(O)COc2ccc(C(C)C)cc2)cc1. The van der Waals surface area contributed by atoms with Gasteiger partial charge >= 0.3 is 0 Å². The minimum absolute atomic E-state index is 0.130. The Morgan fingerprint density at radius 1 is 0.963 bits per heavy atom. The first kappa shape index (κ1) is 21.3. The fourth-order valence-electron chi connectivity index (χ4n) is 2.91. The molecule has 0 spiro atoms. The lowest BCUT2D eigenvalue weighted by molar-refractivity contribution is 0.0988. The van der Waals surface area contributed by atoms with E-state index >= 15 is 0 Å². The molecule has 1 unspecified atom stereocenters. The van der Waals surface area contributed by atoms with Crippen molar-refractivity contribution >= 4 is 0 Å². The highest BCUT2D eigenvalue weighted by atomic mass is 16.5. The zero-order chi connectivity index (χ0) is 19.9. The van der Waals surface area contributed by atoms with Crippen LogP contribution in [0.1, 0.15) is 44.7 Å². The number of hydrogen-bond acceptors (Lipinski definition) is 4. The van der Waals surface area contributed by atoms with Gasteiger partial charge in [0.15, 0.2) is 0 Å². The molecule has 0 aliphatic carbocycles. The topological polar surface area (TPSA) is 50.7 Å². The van der Waals surface area contributed by atoms with Crippen LogP contribution in [-0.4, -0.2) is 37.0 Å². The molecule has 0 radical (unpaired) electrons. The standard InChI is InChI=1S/C23H33NO3/c1-17(2)19-8-12-22(13-9-19)27-16-20(25)15-24-23(3,4)14-18-6-10-21(26-5)11-7-18/h6-13,17,20,24-25H,14-16H2,1-5H3. The van der Waals surface area contributed by atoms with E-state index in [4.69, 9.17) is 9.47 Å². The number of aliphatic hydroxyl groups is 1. The van der Waals surface area contributed by atoms with Crippen LogP contribution in [-0.2, 0) is 6.42 Å². The van der Waals surface area contributed by atoms with E-state index in [1.165, 1.54) is 11.1 Å². The molecule has 0 amide bonds. The average molecular weight is 372 g/mol. The average Bonchev–Trinajstić information content (AvgIpc) is 2.65. The van der Waals surface area contributed by atoms with Crippen LogP contribution in [0.5, 0.6) is 11.5 Å². The van der Waals surface area contributed by atoms with Gasteiger partial charge in [-0.2, -0.15) is 0 Å². The van der Waals surface area contributed by atoms with Gasteiger partial charge in [0.2, 0.25) is 0 Å². The van der Waals surface area contributed by atoms with Crippen LogP contribution < -0.4 is 14.8 Å². The first-order valence-corrected chi connectivity index (χ1v) is 9.58. The zero-order valence-corrected chi connectivity index (χ0v) is 17.2. The van der Waals surface area contributed by atoms with Gasteiger partial charge in [0, 0.05) is 12.1 Å². The van der Waals surface area contributed by atoms with Crippen molar-refractivity contribution in [3.63, 3.8) is 0 Å². The predicted octanol–water partition coefficient (Wildman–Crippen LogP) is 4.17. The second-order valence-corrected chi connectivity index (χ2v) is 7.98. The van der Waals surface area contributed by atoms with E-state index in [1.807, 2.05) is 24.3 Å². The van der Waals surface area contributed by atoms with Crippen LogP contribution in [0.2, 0.25) is 0 Å². The largest absolute Gasteiger partial charge is 0.497 e. The number of β-amino-alcohol motifs (C(OH)–C–C–N with tert-alkyl or cyclic N) is 1. The molecule has 0 aromatic heterocycles. The quantitative estimate of drug-likeness (QED) is 0.658. The Kier molecular flexibility index (Phi) is 7.69. The highest BCUT2D eigenvalue weighted by Gasteiger charge is 2.19. The van der Waals surface area contributed by atoms with E-state index in [1.54, 1.807) is 7.11 Å². The minimum atomic E-state index is -0.565. The van der Waals surface area contributed by atoms with Crippen molar-refractivity contribution in [2.24, 2.45) is 0 Å². The summed E-state index contributed by atoms with van der Waals surface area (Å²) >= 11 is 0. The fourth-order valence-corrected chi connectivity index (χ4v) is 2.91. The molecule has 2 rings (SSSR count). The molecule has 4 nitrogen and oxygen atoms in total. The predicted molar refractivity (Wildman–Crippen MR) is 111 cm³/mol. The number of rotatable bonds is 10. The first-order valence-electron chi connectivity index (χ1n) is 9.58. The van der Waals surface area contributed by atoms with Crippen molar-refractivity contribution in [1.29, 1.82) is 0 Å². The molecule has 27 heavy (non-hydrogen) atoms. The Balaban J connectivity index is 1.76. The van der Waals surface area contributed by atoms with E-state index < -0.39 is 6.10 Å². The summed E-state index contributed by atoms with van der Waals surface area (Å²) in [5, 5.41) is 13.7. The smallest absolute Gasteiger partial charge is 0.119 e. The third kappa shape index (κ3) is 7.24. The van der Waals surface area contributed by atoms with Gasteiger partial charge in [-0.3, -0.25) is 0 Å². The molecule has 0 fully saturated rings. The molecule has 0 aliphatic heterocycles. The Hall–Kier alpha value is -2.04. The van der Waals surface area contributed by atoms with Crippen LogP contribution in [0.15, 0.2) is 48.5 Å². The van der Waals surface area contributed by atoms with Crippen LogP contribution >= 0.6 is 0 Å². The monoisotopic (exact) mass is 371 g/mol. The Bertz CT molecular complexity index is 678. The minimum Gasteiger partial charge on any atom is -0.497 e. The number of ether oxygens (including phenoxy) is 2. The molecule has 2 N–H and O–H groups in total. The summed E-state index contributed by atoms with van der Waals surface area (Å²) in [6.07, 6.45) is 0.297. The number of benzene rings is 2. The van der Waals surface area contributed by atoms with E-state index in [-0.39, 0.29) is 12.1 Å². The van der Waals surface area contributed by atoms with Crippen LogP contribution in [0.3, 0.4) is 0 Å². The fraction of sp³-hybridized carbons (Fsp3) is 0.478.